The van der Waals surface area contributed by atoms with E-state index in [1.165, 1.54) is 4.90 Å². The van der Waals surface area contributed by atoms with Crippen molar-refractivity contribution in [1.29, 1.82) is 0 Å². The predicted molar refractivity (Wildman–Crippen MR) is 93.9 cm³/mol. The molecule has 2 aromatic rings. The van der Waals surface area contributed by atoms with Gasteiger partial charge in [-0.15, -0.1) is 13.2 Å². The summed E-state index contributed by atoms with van der Waals surface area (Å²) in [6, 6.07) is 6.93. The molecule has 1 unspecified atom stereocenters. The smallest absolute Gasteiger partial charge is 0.293 e. The van der Waals surface area contributed by atoms with Gasteiger partial charge in [0.25, 0.3) is 5.91 Å². The van der Waals surface area contributed by atoms with E-state index >= 15 is 0 Å². The van der Waals surface area contributed by atoms with E-state index in [2.05, 4.69) is 18.3 Å². The quantitative estimate of drug-likeness (QED) is 0.773. The summed E-state index contributed by atoms with van der Waals surface area (Å²) in [6.45, 7) is 9.51. The van der Waals surface area contributed by atoms with Crippen LogP contribution in [-0.4, -0.2) is 34.2 Å². The highest BCUT2D eigenvalue weighted by molar-refractivity contribution is 6.30. The van der Waals surface area contributed by atoms with Crippen LogP contribution in [0, 0.1) is 0 Å². The molecule has 0 saturated heterocycles. The first-order valence-corrected chi connectivity index (χ1v) is 7.82. The third-order valence-electron chi connectivity index (χ3n) is 3.44. The van der Waals surface area contributed by atoms with Gasteiger partial charge in [-0.1, -0.05) is 41.0 Å². The van der Waals surface area contributed by atoms with Crippen molar-refractivity contribution in [1.82, 2.24) is 10.1 Å². The zero-order chi connectivity index (χ0) is 17.7. The lowest BCUT2D eigenvalue weighted by Crippen LogP contribution is -2.31. The Morgan fingerprint density at radius 1 is 1.33 bits per heavy atom. The molecule has 0 aliphatic rings. The summed E-state index contributed by atoms with van der Waals surface area (Å²) < 4.78 is 5.27. The number of aliphatic hydroxyl groups excluding tert-OH is 1. The molecular weight excluding hydrogens is 328 g/mol. The number of halogens is 1. The monoisotopic (exact) mass is 346 g/mol. The molecular formula is C18H19ClN2O3. The molecule has 0 spiro atoms. The predicted octanol–water partition coefficient (Wildman–Crippen LogP) is 3.86. The zero-order valence-electron chi connectivity index (χ0n) is 13.4. The van der Waals surface area contributed by atoms with E-state index in [4.69, 9.17) is 16.1 Å². The third kappa shape index (κ3) is 3.75. The maximum absolute atomic E-state index is 12.7. The Morgan fingerprint density at radius 3 is 2.42 bits per heavy atom. The van der Waals surface area contributed by atoms with Crippen LogP contribution >= 0.6 is 11.6 Å². The molecule has 1 atom stereocenters. The summed E-state index contributed by atoms with van der Waals surface area (Å²) in [6.07, 6.45) is 2.30. The average Bonchev–Trinajstić information content (AvgIpc) is 3.00. The average molecular weight is 347 g/mol. The molecule has 24 heavy (non-hydrogen) atoms. The second-order valence-corrected chi connectivity index (χ2v) is 5.68. The first-order chi connectivity index (χ1) is 11.5. The van der Waals surface area contributed by atoms with Gasteiger partial charge in [-0.05, 0) is 19.1 Å². The maximum Gasteiger partial charge on any atom is 0.293 e. The summed E-state index contributed by atoms with van der Waals surface area (Å²) in [5.41, 5.74) is 1.47. The van der Waals surface area contributed by atoms with Crippen LogP contribution < -0.4 is 0 Å². The van der Waals surface area contributed by atoms with Gasteiger partial charge < -0.3 is 14.5 Å². The van der Waals surface area contributed by atoms with Gasteiger partial charge in [0.2, 0.25) is 5.76 Å². The zero-order valence-corrected chi connectivity index (χ0v) is 14.2. The van der Waals surface area contributed by atoms with Crippen LogP contribution in [-0.2, 0) is 0 Å². The van der Waals surface area contributed by atoms with E-state index in [0.717, 1.165) is 0 Å². The van der Waals surface area contributed by atoms with Crippen molar-refractivity contribution in [3.05, 3.63) is 65.9 Å². The number of carbonyl (C=O) groups excluding carboxylic acids is 1. The van der Waals surface area contributed by atoms with Crippen molar-refractivity contribution in [2.24, 2.45) is 0 Å². The van der Waals surface area contributed by atoms with Gasteiger partial charge in [-0.3, -0.25) is 4.79 Å². The molecule has 1 amide bonds. The molecule has 1 aromatic carbocycles. The van der Waals surface area contributed by atoms with Gasteiger partial charge in [0.15, 0.2) is 0 Å². The van der Waals surface area contributed by atoms with Crippen molar-refractivity contribution >= 4 is 17.5 Å². The number of aliphatic hydroxyl groups is 1. The first kappa shape index (κ1) is 18.0. The summed E-state index contributed by atoms with van der Waals surface area (Å²) in [5, 5.41) is 14.7. The molecule has 5 nitrogen and oxygen atoms in total. The molecule has 6 heteroatoms. The Kier molecular flexibility index (Phi) is 5.95. The van der Waals surface area contributed by atoms with Gasteiger partial charge >= 0.3 is 0 Å². The number of amides is 1. The SMILES string of the molecule is C=CCN(CC=C)C(=O)c1onc(-c2ccc(Cl)cc2)c1C(C)O. The first-order valence-electron chi connectivity index (χ1n) is 7.44. The van der Waals surface area contributed by atoms with Crippen molar-refractivity contribution in [3.8, 4) is 11.3 Å². The highest BCUT2D eigenvalue weighted by Crippen LogP contribution is 2.31. The molecule has 1 aromatic heterocycles. The second-order valence-electron chi connectivity index (χ2n) is 5.24. The summed E-state index contributed by atoms with van der Waals surface area (Å²) in [7, 11) is 0. The van der Waals surface area contributed by atoms with E-state index in [0.29, 0.717) is 34.9 Å². The minimum atomic E-state index is -0.921. The van der Waals surface area contributed by atoms with E-state index < -0.39 is 6.10 Å². The van der Waals surface area contributed by atoms with Gasteiger partial charge in [-0.25, -0.2) is 0 Å². The number of aromatic nitrogens is 1. The summed E-state index contributed by atoms with van der Waals surface area (Å²) >= 11 is 5.90. The van der Waals surface area contributed by atoms with Crippen LogP contribution in [0.15, 0.2) is 54.1 Å². The van der Waals surface area contributed by atoms with Crippen molar-refractivity contribution in [2.45, 2.75) is 13.0 Å². The van der Waals surface area contributed by atoms with Crippen LogP contribution in [0.5, 0.6) is 0 Å². The standard InChI is InChI=1S/C18H19ClN2O3/c1-4-10-21(11-5-2)18(23)17-15(12(3)22)16(20-24-17)13-6-8-14(19)9-7-13/h4-9,12,22H,1-2,10-11H2,3H3. The van der Waals surface area contributed by atoms with Gasteiger partial charge in [-0.2, -0.15) is 0 Å². The number of benzene rings is 1. The highest BCUT2D eigenvalue weighted by Gasteiger charge is 2.28. The topological polar surface area (TPSA) is 66.6 Å². The molecule has 0 radical (unpaired) electrons. The van der Waals surface area contributed by atoms with E-state index in [1.54, 1.807) is 43.3 Å². The Labute approximate surface area is 145 Å². The normalized spacial score (nSPS) is 11.8. The molecule has 0 fully saturated rings. The summed E-state index contributed by atoms with van der Waals surface area (Å²) in [5.74, 6) is -0.364. The lowest BCUT2D eigenvalue weighted by atomic mass is 10.0. The minimum absolute atomic E-state index is 0.0126. The molecule has 1 heterocycles. The minimum Gasteiger partial charge on any atom is -0.388 e. The Hall–Kier alpha value is -2.37. The van der Waals surface area contributed by atoms with Crippen molar-refractivity contribution in [3.63, 3.8) is 0 Å². The molecule has 0 bridgehead atoms. The fourth-order valence-electron chi connectivity index (χ4n) is 2.35. The molecule has 126 valence electrons. The fraction of sp³-hybridized carbons (Fsp3) is 0.222. The van der Waals surface area contributed by atoms with Crippen LogP contribution in [0.2, 0.25) is 5.02 Å². The van der Waals surface area contributed by atoms with Gasteiger partial charge in [0.05, 0.1) is 11.7 Å². The van der Waals surface area contributed by atoms with Crippen LogP contribution in [0.1, 0.15) is 29.1 Å². The fourth-order valence-corrected chi connectivity index (χ4v) is 2.48. The molecule has 1 N–H and O–H groups in total. The van der Waals surface area contributed by atoms with Crippen molar-refractivity contribution < 1.29 is 14.4 Å². The highest BCUT2D eigenvalue weighted by atomic mass is 35.5. The van der Waals surface area contributed by atoms with E-state index in [-0.39, 0.29) is 11.7 Å². The molecule has 2 rings (SSSR count). The molecule has 0 aliphatic carbocycles. The lowest BCUT2D eigenvalue weighted by molar-refractivity contribution is 0.0741. The number of hydrogen-bond donors (Lipinski definition) is 1. The van der Waals surface area contributed by atoms with Crippen LogP contribution in [0.4, 0.5) is 0 Å². The number of hydrogen-bond acceptors (Lipinski definition) is 4. The van der Waals surface area contributed by atoms with E-state index in [1.807, 2.05) is 0 Å². The second kappa shape index (κ2) is 7.95. The molecule has 0 saturated carbocycles. The number of rotatable bonds is 7. The number of nitrogens with zero attached hydrogens (tertiary/aromatic N) is 2. The van der Waals surface area contributed by atoms with Gasteiger partial charge in [0, 0.05) is 23.7 Å². The van der Waals surface area contributed by atoms with E-state index in [9.17, 15) is 9.90 Å². The number of carbonyl (C=O) groups is 1. The largest absolute Gasteiger partial charge is 0.388 e. The van der Waals surface area contributed by atoms with Crippen molar-refractivity contribution in [2.75, 3.05) is 13.1 Å². The van der Waals surface area contributed by atoms with Crippen LogP contribution in [0.3, 0.4) is 0 Å². The van der Waals surface area contributed by atoms with Crippen LogP contribution in [0.25, 0.3) is 11.3 Å². The third-order valence-corrected chi connectivity index (χ3v) is 3.70. The Morgan fingerprint density at radius 2 is 1.92 bits per heavy atom. The Bertz CT molecular complexity index is 725. The lowest BCUT2D eigenvalue weighted by Gasteiger charge is -2.18. The Balaban J connectivity index is 2.48. The maximum atomic E-state index is 12.7. The molecule has 0 aliphatic heterocycles. The van der Waals surface area contributed by atoms with Gasteiger partial charge in [0.1, 0.15) is 5.69 Å². The summed E-state index contributed by atoms with van der Waals surface area (Å²) in [4.78, 5) is 14.2.